The fourth-order valence-electron chi connectivity index (χ4n) is 7.85. The van der Waals surface area contributed by atoms with Crippen LogP contribution in [0, 0.1) is 40.4 Å². The van der Waals surface area contributed by atoms with Crippen LogP contribution >= 0.6 is 0 Å². The Labute approximate surface area is 180 Å². The maximum atomic E-state index is 12.7. The lowest BCUT2D eigenvalue weighted by molar-refractivity contribution is -0.142. The zero-order valence-electron chi connectivity index (χ0n) is 18.9. The van der Waals surface area contributed by atoms with E-state index in [1.807, 2.05) is 0 Å². The minimum atomic E-state index is -0.111. The summed E-state index contributed by atoms with van der Waals surface area (Å²) in [6, 6.07) is 0. The molecule has 0 spiro atoms. The molecule has 7 atom stereocenters. The maximum Gasteiger partial charge on any atom is 0.216 e. The van der Waals surface area contributed by atoms with E-state index in [2.05, 4.69) is 24.3 Å². The van der Waals surface area contributed by atoms with Gasteiger partial charge in [0.15, 0.2) is 0 Å². The third-order valence-corrected chi connectivity index (χ3v) is 9.41. The highest BCUT2D eigenvalue weighted by atomic mass is 16.6. The van der Waals surface area contributed by atoms with E-state index in [-0.39, 0.29) is 16.7 Å². The van der Waals surface area contributed by atoms with Crippen LogP contribution < -0.4 is 11.1 Å². The highest BCUT2D eigenvalue weighted by Crippen LogP contribution is 2.66. The number of carbonyl (C=O) groups excluding carboxylic acids is 2. The van der Waals surface area contributed by atoms with Gasteiger partial charge >= 0.3 is 0 Å². The SMILES string of the molecule is CC(=O)NC[C@H]1C[C@@H]2[C@H](CC[C@]3(C)C(=O)CC[C@@H]23)[C@@]2(C)CCC(=NOCCN)CC12. The minimum Gasteiger partial charge on any atom is -0.395 e. The molecule has 0 radical (unpaired) electrons. The second-order valence-corrected chi connectivity index (χ2v) is 10.8. The smallest absolute Gasteiger partial charge is 0.216 e. The summed E-state index contributed by atoms with van der Waals surface area (Å²) in [6.07, 6.45) is 8.22. The largest absolute Gasteiger partial charge is 0.395 e. The Morgan fingerprint density at radius 1 is 1.20 bits per heavy atom. The summed E-state index contributed by atoms with van der Waals surface area (Å²) in [6.45, 7) is 8.00. The molecule has 4 fully saturated rings. The first kappa shape index (κ1) is 21.8. The van der Waals surface area contributed by atoms with E-state index >= 15 is 0 Å². The number of Topliss-reactive ketones (excluding diaryl/α,β-unsaturated/α-hetero) is 1. The summed E-state index contributed by atoms with van der Waals surface area (Å²) in [7, 11) is 0. The van der Waals surface area contributed by atoms with Crippen LogP contribution in [0.4, 0.5) is 0 Å². The van der Waals surface area contributed by atoms with Crippen molar-refractivity contribution in [2.75, 3.05) is 19.7 Å². The van der Waals surface area contributed by atoms with Gasteiger partial charge in [0.1, 0.15) is 12.4 Å². The third kappa shape index (κ3) is 3.59. The molecular weight excluding hydrogens is 378 g/mol. The average molecular weight is 418 g/mol. The van der Waals surface area contributed by atoms with Crippen molar-refractivity contribution in [3.8, 4) is 0 Å². The van der Waals surface area contributed by atoms with Gasteiger partial charge in [-0.3, -0.25) is 9.59 Å². The van der Waals surface area contributed by atoms with Crippen molar-refractivity contribution in [3.05, 3.63) is 0 Å². The zero-order chi connectivity index (χ0) is 21.5. The standard InChI is InChI=1S/C24H39N3O3/c1-15(28)26-14-16-12-18-19-4-5-22(29)24(19,3)9-7-20(18)23(2)8-6-17(13-21(16)23)27-30-11-10-25/h16,18-21H,4-14,25H2,1-3H3,(H,26,28)/t16-,18+,19+,20+,21?,23-,24+/m1/s1. The molecule has 6 heteroatoms. The van der Waals surface area contributed by atoms with Crippen molar-refractivity contribution >= 4 is 17.4 Å². The summed E-state index contributed by atoms with van der Waals surface area (Å²) in [5.74, 6) is 3.25. The monoisotopic (exact) mass is 417 g/mol. The first-order valence-electron chi connectivity index (χ1n) is 11.9. The third-order valence-electron chi connectivity index (χ3n) is 9.41. The van der Waals surface area contributed by atoms with Gasteiger partial charge in [-0.15, -0.1) is 0 Å². The molecule has 4 aliphatic carbocycles. The lowest BCUT2D eigenvalue weighted by atomic mass is 9.43. The van der Waals surface area contributed by atoms with Gasteiger partial charge in [0.2, 0.25) is 5.91 Å². The molecule has 3 N–H and O–H groups in total. The minimum absolute atomic E-state index is 0.0410. The molecule has 4 saturated carbocycles. The van der Waals surface area contributed by atoms with Gasteiger partial charge in [-0.25, -0.2) is 0 Å². The second kappa shape index (κ2) is 8.25. The Hall–Kier alpha value is -1.43. The molecule has 168 valence electrons. The van der Waals surface area contributed by atoms with E-state index < -0.39 is 0 Å². The van der Waals surface area contributed by atoms with E-state index in [0.29, 0.717) is 48.5 Å². The lowest BCUT2D eigenvalue weighted by Gasteiger charge is -2.61. The summed E-state index contributed by atoms with van der Waals surface area (Å²) >= 11 is 0. The summed E-state index contributed by atoms with van der Waals surface area (Å²) in [4.78, 5) is 29.9. The predicted molar refractivity (Wildman–Crippen MR) is 117 cm³/mol. The van der Waals surface area contributed by atoms with Gasteiger partial charge in [-0.05, 0) is 80.0 Å². The molecule has 30 heavy (non-hydrogen) atoms. The Morgan fingerprint density at radius 3 is 2.73 bits per heavy atom. The van der Waals surface area contributed by atoms with Crippen LogP contribution in [0.2, 0.25) is 0 Å². The predicted octanol–water partition coefficient (Wildman–Crippen LogP) is 3.29. The topological polar surface area (TPSA) is 93.8 Å². The van der Waals surface area contributed by atoms with E-state index in [0.717, 1.165) is 57.2 Å². The molecule has 0 aromatic heterocycles. The fraction of sp³-hybridized carbons (Fsp3) is 0.875. The molecule has 4 aliphatic rings. The van der Waals surface area contributed by atoms with Crippen molar-refractivity contribution in [2.45, 2.75) is 72.1 Å². The number of nitrogens with one attached hydrogen (secondary N) is 1. The van der Waals surface area contributed by atoms with Crippen LogP contribution in [0.25, 0.3) is 0 Å². The number of nitrogens with two attached hydrogens (primary N) is 1. The van der Waals surface area contributed by atoms with Crippen molar-refractivity contribution < 1.29 is 14.4 Å². The average Bonchev–Trinajstić information content (AvgIpc) is 3.01. The summed E-state index contributed by atoms with van der Waals surface area (Å²) in [5, 5.41) is 7.52. The molecule has 1 unspecified atom stereocenters. The van der Waals surface area contributed by atoms with Crippen molar-refractivity contribution in [1.82, 2.24) is 5.32 Å². The highest BCUT2D eigenvalue weighted by Gasteiger charge is 2.61. The first-order chi connectivity index (χ1) is 14.3. The Morgan fingerprint density at radius 2 is 2.00 bits per heavy atom. The number of carbonyl (C=O) groups is 2. The molecule has 0 aliphatic heterocycles. The van der Waals surface area contributed by atoms with Gasteiger partial charge < -0.3 is 15.9 Å². The van der Waals surface area contributed by atoms with Crippen molar-refractivity contribution in [1.29, 1.82) is 0 Å². The van der Waals surface area contributed by atoms with Crippen molar-refractivity contribution in [2.24, 2.45) is 51.3 Å². The van der Waals surface area contributed by atoms with Gasteiger partial charge in [-0.2, -0.15) is 0 Å². The van der Waals surface area contributed by atoms with Crippen molar-refractivity contribution in [3.63, 3.8) is 0 Å². The lowest BCUT2D eigenvalue weighted by Crippen LogP contribution is -2.57. The number of rotatable bonds is 5. The molecule has 6 nitrogen and oxygen atoms in total. The van der Waals surface area contributed by atoms with E-state index in [4.69, 9.17) is 10.6 Å². The zero-order valence-corrected chi connectivity index (χ0v) is 18.9. The summed E-state index contributed by atoms with van der Waals surface area (Å²) in [5.41, 5.74) is 6.82. The van der Waals surface area contributed by atoms with E-state index in [9.17, 15) is 9.59 Å². The Bertz CT molecular complexity index is 722. The number of amides is 1. The molecule has 0 aromatic rings. The molecule has 0 bridgehead atoms. The quantitative estimate of drug-likeness (QED) is 0.530. The maximum absolute atomic E-state index is 12.7. The van der Waals surface area contributed by atoms with Gasteiger partial charge in [0, 0.05) is 31.8 Å². The number of ketones is 1. The van der Waals surface area contributed by atoms with Crippen LogP contribution in [0.15, 0.2) is 5.16 Å². The molecular formula is C24H39N3O3. The second-order valence-electron chi connectivity index (χ2n) is 10.8. The van der Waals surface area contributed by atoms with Crippen LogP contribution in [0.1, 0.15) is 72.1 Å². The van der Waals surface area contributed by atoms with Crippen LogP contribution in [-0.2, 0) is 14.4 Å². The van der Waals surface area contributed by atoms with Crippen LogP contribution in [0.3, 0.4) is 0 Å². The van der Waals surface area contributed by atoms with Gasteiger partial charge in [-0.1, -0.05) is 19.0 Å². The number of hydrogen-bond acceptors (Lipinski definition) is 5. The molecule has 0 saturated heterocycles. The van der Waals surface area contributed by atoms with E-state index in [1.165, 1.54) is 6.42 Å². The van der Waals surface area contributed by atoms with Crippen LogP contribution in [-0.4, -0.2) is 37.1 Å². The number of hydrogen-bond donors (Lipinski definition) is 2. The Kier molecular flexibility index (Phi) is 5.99. The number of fused-ring (bicyclic) bond motifs is 5. The fourth-order valence-corrected chi connectivity index (χ4v) is 7.85. The normalized spacial score (nSPS) is 44.2. The highest BCUT2D eigenvalue weighted by molar-refractivity contribution is 5.87. The van der Waals surface area contributed by atoms with E-state index in [1.54, 1.807) is 6.92 Å². The Balaban J connectivity index is 1.61. The first-order valence-corrected chi connectivity index (χ1v) is 11.9. The molecule has 0 heterocycles. The number of oxime groups is 1. The molecule has 4 rings (SSSR count). The molecule has 1 amide bonds. The van der Waals surface area contributed by atoms with Gasteiger partial charge in [0.05, 0.1) is 5.71 Å². The van der Waals surface area contributed by atoms with Gasteiger partial charge in [0.25, 0.3) is 0 Å². The summed E-state index contributed by atoms with van der Waals surface area (Å²) < 4.78 is 0. The van der Waals surface area contributed by atoms with Crippen LogP contribution in [0.5, 0.6) is 0 Å². The number of nitrogens with zero attached hydrogens (tertiary/aromatic N) is 1. The molecule has 0 aromatic carbocycles.